The molecule has 3 N–H and O–H groups in total. The summed E-state index contributed by atoms with van der Waals surface area (Å²) in [5, 5.41) is 9.38. The molecule has 1 saturated carbocycles. The second kappa shape index (κ2) is 5.99. The highest BCUT2D eigenvalue weighted by molar-refractivity contribution is 4.88. The first-order valence-corrected chi connectivity index (χ1v) is 6.54. The van der Waals surface area contributed by atoms with E-state index in [1.807, 2.05) is 6.92 Å². The molecule has 1 rings (SSSR count). The standard InChI is InChI=1S/C13H28N2O/c1-11-4-6-13(9-14,7-5-11)10-15(3)8-12(2)16/h11-12,16H,4-10,14H2,1-3H3. The van der Waals surface area contributed by atoms with Gasteiger partial charge in [-0.25, -0.2) is 0 Å². The molecule has 1 aliphatic rings. The lowest BCUT2D eigenvalue weighted by atomic mass is 9.70. The molecule has 1 fully saturated rings. The van der Waals surface area contributed by atoms with E-state index < -0.39 is 0 Å². The van der Waals surface area contributed by atoms with Crippen molar-refractivity contribution in [1.29, 1.82) is 0 Å². The number of likely N-dealkylation sites (N-methyl/N-ethyl adjacent to an activating group) is 1. The summed E-state index contributed by atoms with van der Waals surface area (Å²) in [6.45, 7) is 6.73. The van der Waals surface area contributed by atoms with Crippen LogP contribution in [0.15, 0.2) is 0 Å². The molecule has 0 saturated heterocycles. The van der Waals surface area contributed by atoms with E-state index in [1.165, 1.54) is 25.7 Å². The van der Waals surface area contributed by atoms with Gasteiger partial charge in [-0.2, -0.15) is 0 Å². The Morgan fingerprint density at radius 3 is 2.44 bits per heavy atom. The second-order valence-electron chi connectivity index (χ2n) is 5.93. The zero-order valence-electron chi connectivity index (χ0n) is 11.1. The molecule has 1 atom stereocenters. The van der Waals surface area contributed by atoms with Crippen molar-refractivity contribution < 1.29 is 5.11 Å². The highest BCUT2D eigenvalue weighted by atomic mass is 16.3. The quantitative estimate of drug-likeness (QED) is 0.749. The molecule has 1 aliphatic carbocycles. The van der Waals surface area contributed by atoms with Crippen molar-refractivity contribution in [3.8, 4) is 0 Å². The summed E-state index contributed by atoms with van der Waals surface area (Å²) in [5.74, 6) is 0.863. The minimum Gasteiger partial charge on any atom is -0.392 e. The molecule has 0 heterocycles. The fourth-order valence-electron chi connectivity index (χ4n) is 2.89. The van der Waals surface area contributed by atoms with Gasteiger partial charge in [0.15, 0.2) is 0 Å². The summed E-state index contributed by atoms with van der Waals surface area (Å²) >= 11 is 0. The van der Waals surface area contributed by atoms with Gasteiger partial charge in [-0.3, -0.25) is 0 Å². The van der Waals surface area contributed by atoms with Crippen LogP contribution in [-0.2, 0) is 0 Å². The molecule has 0 spiro atoms. The van der Waals surface area contributed by atoms with Crippen molar-refractivity contribution in [2.75, 3.05) is 26.7 Å². The molecular weight excluding hydrogens is 200 g/mol. The van der Waals surface area contributed by atoms with Crippen LogP contribution in [0.5, 0.6) is 0 Å². The van der Waals surface area contributed by atoms with Crippen LogP contribution in [0.2, 0.25) is 0 Å². The monoisotopic (exact) mass is 228 g/mol. The van der Waals surface area contributed by atoms with E-state index in [0.717, 1.165) is 25.6 Å². The molecule has 0 bridgehead atoms. The van der Waals surface area contributed by atoms with Gasteiger partial charge in [-0.15, -0.1) is 0 Å². The van der Waals surface area contributed by atoms with Crippen LogP contribution in [0.25, 0.3) is 0 Å². The Morgan fingerprint density at radius 2 is 2.00 bits per heavy atom. The maximum atomic E-state index is 9.38. The molecule has 3 heteroatoms. The maximum Gasteiger partial charge on any atom is 0.0638 e. The molecule has 3 nitrogen and oxygen atoms in total. The SMILES string of the molecule is CC(O)CN(C)CC1(CN)CCC(C)CC1. The first kappa shape index (κ1) is 13.9. The lowest BCUT2D eigenvalue weighted by Crippen LogP contribution is -2.45. The minimum absolute atomic E-state index is 0.248. The van der Waals surface area contributed by atoms with E-state index in [-0.39, 0.29) is 6.10 Å². The highest BCUT2D eigenvalue weighted by Crippen LogP contribution is 2.38. The van der Waals surface area contributed by atoms with E-state index in [0.29, 0.717) is 5.41 Å². The van der Waals surface area contributed by atoms with E-state index in [9.17, 15) is 5.11 Å². The van der Waals surface area contributed by atoms with E-state index >= 15 is 0 Å². The third kappa shape index (κ3) is 4.04. The van der Waals surface area contributed by atoms with E-state index in [4.69, 9.17) is 5.73 Å². The van der Waals surface area contributed by atoms with Crippen LogP contribution in [0, 0.1) is 11.3 Å². The van der Waals surface area contributed by atoms with Crippen LogP contribution in [0.4, 0.5) is 0 Å². The maximum absolute atomic E-state index is 9.38. The van der Waals surface area contributed by atoms with Gasteiger partial charge >= 0.3 is 0 Å². The summed E-state index contributed by atoms with van der Waals surface area (Å²) in [4.78, 5) is 2.23. The zero-order chi connectivity index (χ0) is 12.2. The number of hydrogen-bond acceptors (Lipinski definition) is 3. The fourth-order valence-corrected chi connectivity index (χ4v) is 2.89. The number of aliphatic hydroxyl groups excluding tert-OH is 1. The van der Waals surface area contributed by atoms with Gasteiger partial charge in [0.05, 0.1) is 6.10 Å². The highest BCUT2D eigenvalue weighted by Gasteiger charge is 2.33. The fraction of sp³-hybridized carbons (Fsp3) is 1.00. The summed E-state index contributed by atoms with van der Waals surface area (Å²) in [6.07, 6.45) is 4.85. The summed E-state index contributed by atoms with van der Waals surface area (Å²) in [6, 6.07) is 0. The number of rotatable bonds is 5. The summed E-state index contributed by atoms with van der Waals surface area (Å²) < 4.78 is 0. The second-order valence-corrected chi connectivity index (χ2v) is 5.93. The molecule has 96 valence electrons. The lowest BCUT2D eigenvalue weighted by molar-refractivity contribution is 0.0769. The topological polar surface area (TPSA) is 49.5 Å². The zero-order valence-corrected chi connectivity index (χ0v) is 11.1. The van der Waals surface area contributed by atoms with Gasteiger partial charge in [0.25, 0.3) is 0 Å². The Morgan fingerprint density at radius 1 is 1.44 bits per heavy atom. The van der Waals surface area contributed by atoms with Crippen LogP contribution >= 0.6 is 0 Å². The van der Waals surface area contributed by atoms with Crippen molar-refractivity contribution in [2.45, 2.75) is 45.6 Å². The first-order valence-electron chi connectivity index (χ1n) is 6.54. The number of nitrogens with zero attached hydrogens (tertiary/aromatic N) is 1. The molecule has 0 aromatic carbocycles. The van der Waals surface area contributed by atoms with Crippen LogP contribution in [0.3, 0.4) is 0 Å². The Hall–Kier alpha value is -0.120. The molecule has 0 aromatic heterocycles. The van der Waals surface area contributed by atoms with Crippen molar-refractivity contribution in [2.24, 2.45) is 17.1 Å². The van der Waals surface area contributed by atoms with Gasteiger partial charge < -0.3 is 15.7 Å². The van der Waals surface area contributed by atoms with Crippen molar-refractivity contribution in [3.63, 3.8) is 0 Å². The van der Waals surface area contributed by atoms with Crippen LogP contribution in [0.1, 0.15) is 39.5 Å². The molecule has 16 heavy (non-hydrogen) atoms. The van der Waals surface area contributed by atoms with Gasteiger partial charge in [-0.05, 0) is 44.7 Å². The van der Waals surface area contributed by atoms with Crippen LogP contribution in [-0.4, -0.2) is 42.8 Å². The number of nitrogens with two attached hydrogens (primary N) is 1. The van der Waals surface area contributed by atoms with Crippen molar-refractivity contribution >= 4 is 0 Å². The first-order chi connectivity index (χ1) is 7.47. The van der Waals surface area contributed by atoms with Gasteiger partial charge in [-0.1, -0.05) is 19.8 Å². The average Bonchev–Trinajstić information content (AvgIpc) is 2.21. The minimum atomic E-state index is -0.248. The van der Waals surface area contributed by atoms with Crippen LogP contribution < -0.4 is 5.73 Å². The number of hydrogen-bond donors (Lipinski definition) is 2. The van der Waals surface area contributed by atoms with Gasteiger partial charge in [0, 0.05) is 13.1 Å². The normalized spacial score (nSPS) is 33.0. The molecule has 1 unspecified atom stereocenters. The Labute approximate surface area is 100 Å². The Bertz CT molecular complexity index is 198. The summed E-state index contributed by atoms with van der Waals surface area (Å²) in [5.41, 5.74) is 6.28. The summed E-state index contributed by atoms with van der Waals surface area (Å²) in [7, 11) is 2.09. The van der Waals surface area contributed by atoms with E-state index in [2.05, 4.69) is 18.9 Å². The Balaban J connectivity index is 2.47. The molecule has 0 aliphatic heterocycles. The smallest absolute Gasteiger partial charge is 0.0638 e. The van der Waals surface area contributed by atoms with Gasteiger partial charge in [0.1, 0.15) is 0 Å². The van der Waals surface area contributed by atoms with Crippen molar-refractivity contribution in [3.05, 3.63) is 0 Å². The third-order valence-electron chi connectivity index (χ3n) is 3.95. The molecular formula is C13H28N2O. The third-order valence-corrected chi connectivity index (χ3v) is 3.95. The van der Waals surface area contributed by atoms with E-state index in [1.54, 1.807) is 0 Å². The number of aliphatic hydroxyl groups is 1. The lowest BCUT2D eigenvalue weighted by Gasteiger charge is -2.41. The van der Waals surface area contributed by atoms with Crippen molar-refractivity contribution in [1.82, 2.24) is 4.90 Å². The predicted octanol–water partition coefficient (Wildman–Crippen LogP) is 1.45. The molecule has 0 radical (unpaired) electrons. The average molecular weight is 228 g/mol. The molecule has 0 amide bonds. The largest absolute Gasteiger partial charge is 0.392 e. The Kier molecular flexibility index (Phi) is 5.22. The van der Waals surface area contributed by atoms with Gasteiger partial charge in [0.2, 0.25) is 0 Å². The molecule has 0 aromatic rings. The predicted molar refractivity (Wildman–Crippen MR) is 68.3 cm³/mol.